The van der Waals surface area contributed by atoms with Crippen molar-refractivity contribution in [2.45, 2.75) is 31.6 Å². The van der Waals surface area contributed by atoms with Crippen molar-refractivity contribution in [3.8, 4) is 5.75 Å². The smallest absolute Gasteiger partial charge is 0.229 e. The molecule has 0 N–H and O–H groups in total. The Balaban J connectivity index is 1.81. The average Bonchev–Trinajstić information content (AvgIpc) is 3.19. The Morgan fingerprint density at radius 1 is 1.09 bits per heavy atom. The number of nitrogens with zero attached hydrogens (tertiary/aromatic N) is 3. The molecule has 1 amide bonds. The SMILES string of the molecule is COc1ccc(S(=O)(=O)CCC(=O)N(CCCN(C)C)c2nc3cc(C)cc(C)c3s2)cc1. The van der Waals surface area contributed by atoms with Crippen molar-refractivity contribution in [2.75, 3.05) is 44.9 Å². The molecular formula is C24H31N3O4S2. The number of thiazole rings is 1. The van der Waals surface area contributed by atoms with Gasteiger partial charge in [0, 0.05) is 13.0 Å². The highest BCUT2D eigenvalue weighted by Crippen LogP contribution is 2.32. The zero-order valence-electron chi connectivity index (χ0n) is 19.8. The van der Waals surface area contributed by atoms with Gasteiger partial charge >= 0.3 is 0 Å². The number of rotatable bonds is 10. The first-order valence-corrected chi connectivity index (χ1v) is 13.3. The molecule has 3 rings (SSSR count). The predicted octanol–water partition coefficient (Wildman–Crippen LogP) is 4.07. The first-order chi connectivity index (χ1) is 15.6. The molecule has 178 valence electrons. The van der Waals surface area contributed by atoms with Gasteiger partial charge in [0.05, 0.1) is 28.0 Å². The topological polar surface area (TPSA) is 79.8 Å². The largest absolute Gasteiger partial charge is 0.497 e. The molecule has 0 bridgehead atoms. The number of fused-ring (bicyclic) bond motifs is 1. The molecule has 0 aliphatic rings. The van der Waals surface area contributed by atoms with Crippen LogP contribution in [0, 0.1) is 13.8 Å². The zero-order chi connectivity index (χ0) is 24.2. The van der Waals surface area contributed by atoms with Gasteiger partial charge in [-0.2, -0.15) is 0 Å². The van der Waals surface area contributed by atoms with E-state index < -0.39 is 9.84 Å². The third-order valence-corrected chi connectivity index (χ3v) is 8.29. The summed E-state index contributed by atoms with van der Waals surface area (Å²) < 4.78 is 31.7. The lowest BCUT2D eigenvalue weighted by Crippen LogP contribution is -2.34. The molecule has 9 heteroatoms. The number of amides is 1. The summed E-state index contributed by atoms with van der Waals surface area (Å²) in [6.07, 6.45) is 0.655. The molecule has 1 aromatic heterocycles. The molecule has 0 saturated carbocycles. The van der Waals surface area contributed by atoms with Crippen LogP contribution in [0.3, 0.4) is 0 Å². The van der Waals surface area contributed by atoms with Gasteiger partial charge in [-0.1, -0.05) is 17.4 Å². The van der Waals surface area contributed by atoms with Gasteiger partial charge < -0.3 is 9.64 Å². The van der Waals surface area contributed by atoms with Gasteiger partial charge in [-0.05, 0) is 82.4 Å². The second-order valence-electron chi connectivity index (χ2n) is 8.37. The molecule has 33 heavy (non-hydrogen) atoms. The lowest BCUT2D eigenvalue weighted by atomic mass is 10.1. The Labute approximate surface area is 199 Å². The maximum Gasteiger partial charge on any atom is 0.229 e. The van der Waals surface area contributed by atoms with E-state index in [1.807, 2.05) is 34.0 Å². The fourth-order valence-electron chi connectivity index (χ4n) is 3.61. The van der Waals surface area contributed by atoms with Crippen LogP contribution in [0.1, 0.15) is 24.0 Å². The van der Waals surface area contributed by atoms with Crippen molar-refractivity contribution >= 4 is 42.4 Å². The normalized spacial score (nSPS) is 11.8. The number of carbonyl (C=O) groups excluding carboxylic acids is 1. The average molecular weight is 490 g/mol. The quantitative estimate of drug-likeness (QED) is 0.427. The number of methoxy groups -OCH3 is 1. The Kier molecular flexibility index (Phi) is 8.10. The fraction of sp³-hybridized carbons (Fsp3) is 0.417. The van der Waals surface area contributed by atoms with E-state index in [4.69, 9.17) is 9.72 Å². The number of anilines is 1. The van der Waals surface area contributed by atoms with Gasteiger partial charge in [-0.15, -0.1) is 0 Å². The van der Waals surface area contributed by atoms with E-state index in [0.717, 1.165) is 34.3 Å². The fourth-order valence-corrected chi connectivity index (χ4v) is 5.90. The van der Waals surface area contributed by atoms with Crippen LogP contribution in [0.25, 0.3) is 10.2 Å². The van der Waals surface area contributed by atoms with E-state index >= 15 is 0 Å². The number of aromatic nitrogens is 1. The van der Waals surface area contributed by atoms with Gasteiger partial charge in [-0.25, -0.2) is 13.4 Å². The number of carbonyl (C=O) groups is 1. The minimum atomic E-state index is -3.60. The van der Waals surface area contributed by atoms with E-state index in [1.165, 1.54) is 30.6 Å². The van der Waals surface area contributed by atoms with Crippen molar-refractivity contribution < 1.29 is 17.9 Å². The van der Waals surface area contributed by atoms with E-state index in [2.05, 4.69) is 11.0 Å². The third-order valence-electron chi connectivity index (χ3n) is 5.33. The van der Waals surface area contributed by atoms with Crippen molar-refractivity contribution in [3.63, 3.8) is 0 Å². The molecule has 0 fully saturated rings. The van der Waals surface area contributed by atoms with Crippen LogP contribution in [0.4, 0.5) is 5.13 Å². The van der Waals surface area contributed by atoms with Crippen LogP contribution in [0.2, 0.25) is 0 Å². The molecule has 0 spiro atoms. The van der Waals surface area contributed by atoms with Crippen LogP contribution in [0.5, 0.6) is 5.75 Å². The molecule has 0 saturated heterocycles. The van der Waals surface area contributed by atoms with Crippen LogP contribution >= 0.6 is 11.3 Å². The maximum atomic E-state index is 13.2. The van der Waals surface area contributed by atoms with E-state index in [1.54, 1.807) is 17.0 Å². The molecule has 2 aromatic carbocycles. The zero-order valence-corrected chi connectivity index (χ0v) is 21.4. The van der Waals surface area contributed by atoms with Crippen LogP contribution < -0.4 is 9.64 Å². The van der Waals surface area contributed by atoms with Gasteiger partial charge in [0.1, 0.15) is 5.75 Å². The highest BCUT2D eigenvalue weighted by molar-refractivity contribution is 7.91. The number of sulfone groups is 1. The van der Waals surface area contributed by atoms with Gasteiger partial charge in [0.25, 0.3) is 0 Å². The standard InChI is InChI=1S/C24H31N3O4S2/c1-17-15-18(2)23-21(16-17)25-24(32-23)27(13-6-12-26(3)4)22(28)11-14-33(29,30)20-9-7-19(31-5)8-10-20/h7-10,15-16H,6,11-14H2,1-5H3. The van der Waals surface area contributed by atoms with Crippen molar-refractivity contribution in [3.05, 3.63) is 47.5 Å². The van der Waals surface area contributed by atoms with Gasteiger partial charge in [0.15, 0.2) is 15.0 Å². The number of aryl methyl sites for hydroxylation is 2. The molecule has 0 radical (unpaired) electrons. The van der Waals surface area contributed by atoms with Crippen LogP contribution in [-0.4, -0.2) is 64.3 Å². The minimum absolute atomic E-state index is 0.107. The molecular weight excluding hydrogens is 458 g/mol. The first-order valence-electron chi connectivity index (χ1n) is 10.8. The van der Waals surface area contributed by atoms with E-state index in [9.17, 15) is 13.2 Å². The number of hydrogen-bond donors (Lipinski definition) is 0. The van der Waals surface area contributed by atoms with Crippen molar-refractivity contribution in [2.24, 2.45) is 0 Å². The highest BCUT2D eigenvalue weighted by atomic mass is 32.2. The summed E-state index contributed by atoms with van der Waals surface area (Å²) in [5.41, 5.74) is 3.10. The van der Waals surface area contributed by atoms with Crippen molar-refractivity contribution in [1.82, 2.24) is 9.88 Å². The number of hydrogen-bond acceptors (Lipinski definition) is 7. The summed E-state index contributed by atoms with van der Waals surface area (Å²) in [5, 5.41) is 0.615. The number of benzene rings is 2. The molecule has 7 nitrogen and oxygen atoms in total. The van der Waals surface area contributed by atoms with E-state index in [0.29, 0.717) is 17.4 Å². The van der Waals surface area contributed by atoms with Crippen LogP contribution in [-0.2, 0) is 14.6 Å². The molecule has 0 unspecified atom stereocenters. The Hall–Kier alpha value is -2.49. The maximum absolute atomic E-state index is 13.2. The Bertz CT molecular complexity index is 1220. The number of ether oxygens (including phenoxy) is 1. The second kappa shape index (κ2) is 10.6. The minimum Gasteiger partial charge on any atom is -0.497 e. The van der Waals surface area contributed by atoms with Gasteiger partial charge in [-0.3, -0.25) is 9.69 Å². The first kappa shape index (κ1) is 25.1. The lowest BCUT2D eigenvalue weighted by Gasteiger charge is -2.21. The predicted molar refractivity (Wildman–Crippen MR) is 134 cm³/mol. The molecule has 0 aliphatic carbocycles. The third kappa shape index (κ3) is 6.31. The monoisotopic (exact) mass is 489 g/mol. The summed E-state index contributed by atoms with van der Waals surface area (Å²) in [5.74, 6) is 0.0866. The summed E-state index contributed by atoms with van der Waals surface area (Å²) in [4.78, 5) is 21.8. The summed E-state index contributed by atoms with van der Waals surface area (Å²) in [6.45, 7) is 5.36. The highest BCUT2D eigenvalue weighted by Gasteiger charge is 2.23. The lowest BCUT2D eigenvalue weighted by molar-refractivity contribution is -0.118. The second-order valence-corrected chi connectivity index (χ2v) is 11.5. The Morgan fingerprint density at radius 3 is 2.42 bits per heavy atom. The molecule has 0 atom stereocenters. The molecule has 1 heterocycles. The van der Waals surface area contributed by atoms with Crippen molar-refractivity contribution in [1.29, 1.82) is 0 Å². The van der Waals surface area contributed by atoms with Gasteiger partial charge in [0.2, 0.25) is 5.91 Å². The molecule has 0 aliphatic heterocycles. The summed E-state index contributed by atoms with van der Waals surface area (Å²) >= 11 is 1.48. The van der Waals surface area contributed by atoms with E-state index in [-0.39, 0.29) is 23.0 Å². The Morgan fingerprint density at radius 2 is 1.79 bits per heavy atom. The van der Waals surface area contributed by atoms with Crippen LogP contribution in [0.15, 0.2) is 41.3 Å². The summed E-state index contributed by atoms with van der Waals surface area (Å²) in [6, 6.07) is 10.3. The summed E-state index contributed by atoms with van der Waals surface area (Å²) in [7, 11) is 1.90. The molecule has 3 aromatic rings.